The van der Waals surface area contributed by atoms with Crippen LogP contribution in [0.4, 0.5) is 0 Å². The van der Waals surface area contributed by atoms with Crippen LogP contribution in [0.25, 0.3) is 141 Å². The van der Waals surface area contributed by atoms with Crippen molar-refractivity contribution in [2.24, 2.45) is 0 Å². The van der Waals surface area contributed by atoms with Crippen molar-refractivity contribution < 1.29 is 9.60 Å². The zero-order chi connectivity index (χ0) is 51.5. The second-order valence-electron chi connectivity index (χ2n) is 17.4. The zero-order valence-corrected chi connectivity index (χ0v) is 37.7. The lowest BCUT2D eigenvalue weighted by molar-refractivity contribution is 1.37. The molecule has 11 aromatic carbocycles. The van der Waals surface area contributed by atoms with Crippen LogP contribution in [-0.4, -0.2) is 9.97 Å². The van der Waals surface area contributed by atoms with Crippen molar-refractivity contribution in [2.45, 2.75) is 0 Å². The molecule has 2 nitrogen and oxygen atoms in total. The average molecular weight is 900 g/mol. The first-order chi connectivity index (χ1) is 37.2. The van der Waals surface area contributed by atoms with Gasteiger partial charge in [-0.1, -0.05) is 224 Å². The van der Waals surface area contributed by atoms with Crippen molar-refractivity contribution in [2.75, 3.05) is 0 Å². The molecule has 0 atom stereocenters. The fourth-order valence-corrected chi connectivity index (χ4v) is 12.0. The lowest BCUT2D eigenvalue weighted by Crippen LogP contribution is -1.92. The van der Waals surface area contributed by atoms with Crippen molar-refractivity contribution in [3.63, 3.8) is 0 Å². The summed E-state index contributed by atoms with van der Waals surface area (Å²) in [4.78, 5) is 11.6. The third-order valence-corrected chi connectivity index (χ3v) is 14.9. The molecule has 0 saturated heterocycles. The number of nitrogens with zero attached hydrogens (tertiary/aromatic N) is 2. The van der Waals surface area contributed by atoms with Crippen LogP contribution < -0.4 is 0 Å². The first kappa shape index (κ1) is 32.8. The molecule has 14 rings (SSSR count). The molecule has 69 heavy (non-hydrogen) atoms. The van der Waals surface area contributed by atoms with Crippen LogP contribution in [-0.2, 0) is 0 Å². The third-order valence-electron chi connectivity index (χ3n) is 13.6. The molecule has 0 radical (unpaired) electrons. The van der Waals surface area contributed by atoms with Crippen molar-refractivity contribution in [1.82, 2.24) is 9.97 Å². The molecule has 0 amide bonds. The molecule has 3 heterocycles. The number of thiophene rings is 1. The molecule has 0 aliphatic rings. The SMILES string of the molecule is [2H]c1nc2c(c([2H])c1[2H])c([2H])c([2H])c1c([2H])c([2H])c(-c3ccc(-c4ccc(-c5sc(-c6cccc7ccccc67)c(-c6cccc7ccccc67)c5-c5cccc6ccccc56)c5ccccc45)c4ccccc34)nc12. The van der Waals surface area contributed by atoms with Crippen LogP contribution in [0.15, 0.2) is 243 Å². The molecule has 0 unspecified atom stereocenters. The van der Waals surface area contributed by atoms with E-state index in [1.807, 2.05) is 41.7 Å². The van der Waals surface area contributed by atoms with E-state index in [-0.39, 0.29) is 51.7 Å². The standard InChI is InChI=1S/C66H40N2S/c1-4-22-46-41(15-1)18-11-29-56(46)61-62(57-30-12-19-42-16-2-5-23-47(42)57)66(69-65(61)58-31-13-20-43-17-3-6-24-48(43)58)59-38-36-54(50-26-8-10-28-52(50)59)53-35-37-55(51-27-9-7-25-49(51)53)60-39-34-45-33-32-44-21-14-40-67-63(44)64(45)68-60/h1-40H/i14D,21D,32D,33D,34D,39D,40D. The van der Waals surface area contributed by atoms with Crippen LogP contribution in [0, 0.1) is 0 Å². The van der Waals surface area contributed by atoms with E-state index in [9.17, 15) is 2.74 Å². The first-order valence-corrected chi connectivity index (χ1v) is 23.8. The molecule has 0 saturated carbocycles. The lowest BCUT2D eigenvalue weighted by atomic mass is 9.85. The predicted octanol–water partition coefficient (Wildman–Crippen LogP) is 18.6. The minimum absolute atomic E-state index is 0.00735. The number of pyridine rings is 2. The minimum atomic E-state index is -0.465. The summed E-state index contributed by atoms with van der Waals surface area (Å²) in [6, 6.07) is 68.9. The number of fused-ring (bicyclic) bond motifs is 8. The van der Waals surface area contributed by atoms with Gasteiger partial charge in [0.1, 0.15) is 0 Å². The largest absolute Gasteiger partial charge is 0.254 e. The second-order valence-corrected chi connectivity index (χ2v) is 18.4. The fraction of sp³-hybridized carbons (Fsp3) is 0. The predicted molar refractivity (Wildman–Crippen MR) is 295 cm³/mol. The van der Waals surface area contributed by atoms with Gasteiger partial charge in [0.2, 0.25) is 0 Å². The van der Waals surface area contributed by atoms with Crippen LogP contribution in [0.3, 0.4) is 0 Å². The molecule has 0 aliphatic heterocycles. The van der Waals surface area contributed by atoms with E-state index in [1.54, 1.807) is 0 Å². The quantitative estimate of drug-likeness (QED) is 0.155. The molecule has 3 aromatic heterocycles. The third kappa shape index (κ3) is 6.32. The first-order valence-electron chi connectivity index (χ1n) is 26.5. The highest BCUT2D eigenvalue weighted by Gasteiger charge is 2.28. The maximum Gasteiger partial charge on any atom is 0.0972 e. The minimum Gasteiger partial charge on any atom is -0.254 e. The molecule has 0 bridgehead atoms. The van der Waals surface area contributed by atoms with Gasteiger partial charge in [-0.15, -0.1) is 11.3 Å². The van der Waals surface area contributed by atoms with Gasteiger partial charge in [-0.05, 0) is 88.2 Å². The Morgan fingerprint density at radius 3 is 1.26 bits per heavy atom. The number of rotatable bonds is 6. The van der Waals surface area contributed by atoms with E-state index in [0.717, 1.165) is 48.7 Å². The number of benzene rings is 11. The number of hydrogen-bond acceptors (Lipinski definition) is 3. The Bertz CT molecular complexity index is 4800. The highest BCUT2D eigenvalue weighted by Crippen LogP contribution is 2.56. The summed E-state index contributed by atoms with van der Waals surface area (Å²) in [5.41, 5.74) is 9.77. The van der Waals surface area contributed by atoms with Crippen LogP contribution in [0.1, 0.15) is 9.60 Å². The summed E-state index contributed by atoms with van der Waals surface area (Å²) in [6.07, 6.45) is -0.465. The van der Waals surface area contributed by atoms with Crippen molar-refractivity contribution in [3.05, 3.63) is 243 Å². The van der Waals surface area contributed by atoms with Crippen LogP contribution >= 0.6 is 11.3 Å². The molecule has 14 aromatic rings. The van der Waals surface area contributed by atoms with Gasteiger partial charge >= 0.3 is 0 Å². The summed E-state index contributed by atoms with van der Waals surface area (Å²) in [5, 5.41) is 10.8. The number of hydrogen-bond donors (Lipinski definition) is 0. The topological polar surface area (TPSA) is 25.8 Å². The van der Waals surface area contributed by atoms with Gasteiger partial charge in [-0.25, -0.2) is 4.98 Å². The Morgan fingerprint density at radius 1 is 0.304 bits per heavy atom. The Labute approximate surface area is 412 Å². The maximum absolute atomic E-state index is 9.33. The molecular formula is C66H40N2S. The normalized spacial score (nSPS) is 13.2. The Kier molecular flexibility index (Phi) is 7.59. The smallest absolute Gasteiger partial charge is 0.0972 e. The summed E-state index contributed by atoms with van der Waals surface area (Å²) in [7, 11) is 0. The average Bonchev–Trinajstić information content (AvgIpc) is 3.98. The van der Waals surface area contributed by atoms with Crippen LogP contribution in [0.5, 0.6) is 0 Å². The van der Waals surface area contributed by atoms with E-state index in [0.29, 0.717) is 5.56 Å². The van der Waals surface area contributed by atoms with E-state index >= 15 is 0 Å². The van der Waals surface area contributed by atoms with Gasteiger partial charge in [0, 0.05) is 54.5 Å². The molecule has 0 fully saturated rings. The molecule has 3 heteroatoms. The maximum atomic E-state index is 9.33. The molecule has 0 N–H and O–H groups in total. The van der Waals surface area contributed by atoms with Crippen molar-refractivity contribution in [3.8, 4) is 65.5 Å². The van der Waals surface area contributed by atoms with Gasteiger partial charge in [-0.3, -0.25) is 4.98 Å². The lowest BCUT2D eigenvalue weighted by Gasteiger charge is -2.17. The summed E-state index contributed by atoms with van der Waals surface area (Å²) in [5.74, 6) is 0. The van der Waals surface area contributed by atoms with Crippen molar-refractivity contribution in [1.29, 1.82) is 0 Å². The molecule has 320 valence electrons. The van der Waals surface area contributed by atoms with Gasteiger partial charge < -0.3 is 0 Å². The summed E-state index contributed by atoms with van der Waals surface area (Å²) >= 11 is 1.84. The fourth-order valence-electron chi connectivity index (χ4n) is 10.5. The second kappa shape index (κ2) is 16.0. The van der Waals surface area contributed by atoms with E-state index in [4.69, 9.17) is 11.8 Å². The Balaban J connectivity index is 1.03. The molecule has 0 spiro atoms. The monoisotopic (exact) mass is 899 g/mol. The van der Waals surface area contributed by atoms with Crippen molar-refractivity contribution >= 4 is 87.0 Å². The highest BCUT2D eigenvalue weighted by atomic mass is 32.1. The van der Waals surface area contributed by atoms with E-state index in [1.165, 1.54) is 59.4 Å². The molecular weight excluding hydrogens is 853 g/mol. The Hall–Kier alpha value is -8.76. The van der Waals surface area contributed by atoms with E-state index < -0.39 is 18.3 Å². The highest BCUT2D eigenvalue weighted by molar-refractivity contribution is 7.20. The summed E-state index contributed by atoms with van der Waals surface area (Å²) in [6.45, 7) is 0. The van der Waals surface area contributed by atoms with Gasteiger partial charge in [0.15, 0.2) is 0 Å². The summed E-state index contributed by atoms with van der Waals surface area (Å²) < 4.78 is 61.4. The molecule has 0 aliphatic carbocycles. The number of aromatic nitrogens is 2. The van der Waals surface area contributed by atoms with Gasteiger partial charge in [0.25, 0.3) is 0 Å². The van der Waals surface area contributed by atoms with Gasteiger partial charge in [-0.2, -0.15) is 0 Å². The zero-order valence-electron chi connectivity index (χ0n) is 43.9. The Morgan fingerprint density at radius 2 is 0.696 bits per heavy atom. The van der Waals surface area contributed by atoms with Crippen LogP contribution in [0.2, 0.25) is 0 Å². The van der Waals surface area contributed by atoms with Gasteiger partial charge in [0.05, 0.1) is 26.3 Å². The van der Waals surface area contributed by atoms with E-state index in [2.05, 4.69) is 175 Å².